The maximum Gasteiger partial charge on any atom is 0.258 e. The number of carbonyl (C=O) groups is 1. The number of nitrogens with zero attached hydrogens (tertiary/aromatic N) is 1. The van der Waals surface area contributed by atoms with Crippen LogP contribution in [0.15, 0.2) is 41.8 Å². The van der Waals surface area contributed by atoms with E-state index in [2.05, 4.69) is 4.98 Å². The molecule has 1 amide bonds. The quantitative estimate of drug-likeness (QED) is 0.803. The zero-order valence-electron chi connectivity index (χ0n) is 10.8. The molecule has 2 heterocycles. The minimum atomic E-state index is -0.422. The molecule has 2 N–H and O–H groups in total. The molecule has 0 saturated heterocycles. The molecule has 3 rings (SSSR count). The molecular weight excluding hydrogens is 272 g/mol. The van der Waals surface area contributed by atoms with Crippen molar-refractivity contribution < 1.29 is 9.53 Å². The SMILES string of the molecule is COc1nc2ccccc2cc1-c1csc(C(N)=O)c1. The van der Waals surface area contributed by atoms with E-state index < -0.39 is 5.91 Å². The van der Waals surface area contributed by atoms with Gasteiger partial charge in [0.25, 0.3) is 5.91 Å². The summed E-state index contributed by atoms with van der Waals surface area (Å²) in [7, 11) is 1.59. The highest BCUT2D eigenvalue weighted by molar-refractivity contribution is 7.12. The van der Waals surface area contributed by atoms with Gasteiger partial charge in [0.15, 0.2) is 0 Å². The number of carbonyl (C=O) groups excluding carboxylic acids is 1. The first kappa shape index (κ1) is 12.6. The van der Waals surface area contributed by atoms with Crippen molar-refractivity contribution in [1.29, 1.82) is 0 Å². The second kappa shape index (κ2) is 4.94. The Morgan fingerprint density at radius 1 is 1.30 bits per heavy atom. The molecule has 0 aliphatic rings. The molecule has 0 aliphatic heterocycles. The molecule has 0 radical (unpaired) electrons. The topological polar surface area (TPSA) is 65.2 Å². The highest BCUT2D eigenvalue weighted by atomic mass is 32.1. The second-order valence-corrected chi connectivity index (χ2v) is 5.21. The van der Waals surface area contributed by atoms with E-state index in [0.29, 0.717) is 10.8 Å². The van der Waals surface area contributed by atoms with Crippen LogP contribution in [0.1, 0.15) is 9.67 Å². The van der Waals surface area contributed by atoms with Gasteiger partial charge < -0.3 is 10.5 Å². The molecule has 0 unspecified atom stereocenters. The van der Waals surface area contributed by atoms with Gasteiger partial charge in [0.05, 0.1) is 17.5 Å². The number of amides is 1. The number of fused-ring (bicyclic) bond motifs is 1. The van der Waals surface area contributed by atoms with Crippen LogP contribution < -0.4 is 10.5 Å². The lowest BCUT2D eigenvalue weighted by Crippen LogP contribution is -2.08. The van der Waals surface area contributed by atoms with E-state index in [1.165, 1.54) is 11.3 Å². The zero-order chi connectivity index (χ0) is 14.1. The van der Waals surface area contributed by atoms with E-state index in [9.17, 15) is 4.79 Å². The third kappa shape index (κ3) is 2.12. The average Bonchev–Trinajstić information content (AvgIpc) is 2.95. The fraction of sp³-hybridized carbons (Fsp3) is 0.0667. The van der Waals surface area contributed by atoms with E-state index in [1.54, 1.807) is 13.2 Å². The molecule has 5 heteroatoms. The van der Waals surface area contributed by atoms with Gasteiger partial charge in [-0.1, -0.05) is 18.2 Å². The fourth-order valence-electron chi connectivity index (χ4n) is 2.07. The largest absolute Gasteiger partial charge is 0.481 e. The third-order valence-corrected chi connectivity index (χ3v) is 3.98. The van der Waals surface area contributed by atoms with Gasteiger partial charge in [-0.05, 0) is 29.1 Å². The minimum absolute atomic E-state index is 0.422. The molecule has 1 aromatic carbocycles. The van der Waals surface area contributed by atoms with Crippen molar-refractivity contribution in [1.82, 2.24) is 4.98 Å². The summed E-state index contributed by atoms with van der Waals surface area (Å²) in [4.78, 5) is 16.2. The van der Waals surface area contributed by atoms with Crippen LogP contribution in [0.5, 0.6) is 5.88 Å². The number of ether oxygens (including phenoxy) is 1. The van der Waals surface area contributed by atoms with Crippen molar-refractivity contribution in [3.8, 4) is 17.0 Å². The first-order chi connectivity index (χ1) is 9.69. The second-order valence-electron chi connectivity index (χ2n) is 4.30. The van der Waals surface area contributed by atoms with Gasteiger partial charge in [-0.15, -0.1) is 11.3 Å². The molecule has 3 aromatic rings. The number of benzene rings is 1. The van der Waals surface area contributed by atoms with E-state index >= 15 is 0 Å². The van der Waals surface area contributed by atoms with Gasteiger partial charge in [-0.3, -0.25) is 4.79 Å². The number of rotatable bonds is 3. The molecule has 4 nitrogen and oxygen atoms in total. The van der Waals surface area contributed by atoms with E-state index in [1.807, 2.05) is 35.7 Å². The highest BCUT2D eigenvalue weighted by Gasteiger charge is 2.13. The van der Waals surface area contributed by atoms with Crippen molar-refractivity contribution in [3.63, 3.8) is 0 Å². The Morgan fingerprint density at radius 2 is 2.10 bits per heavy atom. The van der Waals surface area contributed by atoms with E-state index in [0.717, 1.165) is 22.0 Å². The lowest BCUT2D eigenvalue weighted by molar-refractivity contribution is 0.100. The normalized spacial score (nSPS) is 10.7. The van der Waals surface area contributed by atoms with Crippen LogP contribution in [0.4, 0.5) is 0 Å². The summed E-state index contributed by atoms with van der Waals surface area (Å²) in [5.74, 6) is 0.117. The Hall–Kier alpha value is -2.40. The molecule has 20 heavy (non-hydrogen) atoms. The third-order valence-electron chi connectivity index (χ3n) is 3.04. The molecule has 0 saturated carbocycles. The number of aromatic nitrogens is 1. The molecule has 0 atom stereocenters. The molecule has 0 bridgehead atoms. The summed E-state index contributed by atoms with van der Waals surface area (Å²) >= 11 is 1.32. The molecule has 100 valence electrons. The van der Waals surface area contributed by atoms with Crippen LogP contribution in [0.3, 0.4) is 0 Å². The van der Waals surface area contributed by atoms with Gasteiger partial charge in [0.2, 0.25) is 5.88 Å². The van der Waals surface area contributed by atoms with Crippen LogP contribution in [-0.2, 0) is 0 Å². The van der Waals surface area contributed by atoms with Gasteiger partial charge in [0, 0.05) is 10.9 Å². The standard InChI is InChI=1S/C15H12N2O2S/c1-19-15-11(10-7-13(14(16)18)20-8-10)6-9-4-2-3-5-12(9)17-15/h2-8H,1H3,(H2,16,18). The maximum absolute atomic E-state index is 11.2. The van der Waals surface area contributed by atoms with Crippen LogP contribution >= 0.6 is 11.3 Å². The summed E-state index contributed by atoms with van der Waals surface area (Å²) in [5.41, 5.74) is 7.91. The average molecular weight is 284 g/mol. The Morgan fingerprint density at radius 3 is 2.80 bits per heavy atom. The van der Waals surface area contributed by atoms with Crippen LogP contribution in [-0.4, -0.2) is 18.0 Å². The highest BCUT2D eigenvalue weighted by Crippen LogP contribution is 2.34. The number of methoxy groups -OCH3 is 1. The number of pyridine rings is 1. The Labute approximate surface area is 119 Å². The van der Waals surface area contributed by atoms with Crippen molar-refractivity contribution in [2.24, 2.45) is 5.73 Å². The first-order valence-electron chi connectivity index (χ1n) is 6.01. The number of thiophene rings is 1. The molecule has 2 aromatic heterocycles. The van der Waals surface area contributed by atoms with Crippen LogP contribution in [0.2, 0.25) is 0 Å². The van der Waals surface area contributed by atoms with E-state index in [-0.39, 0.29) is 0 Å². The van der Waals surface area contributed by atoms with Gasteiger partial charge in [-0.25, -0.2) is 4.98 Å². The smallest absolute Gasteiger partial charge is 0.258 e. The fourth-order valence-corrected chi connectivity index (χ4v) is 2.83. The summed E-state index contributed by atoms with van der Waals surface area (Å²) < 4.78 is 5.35. The Bertz CT molecular complexity index is 795. The minimum Gasteiger partial charge on any atom is -0.481 e. The summed E-state index contributed by atoms with van der Waals surface area (Å²) in [6.07, 6.45) is 0. The first-order valence-corrected chi connectivity index (χ1v) is 6.89. The molecule has 0 fully saturated rings. The number of para-hydroxylation sites is 1. The predicted octanol–water partition coefficient (Wildman–Crippen LogP) is 3.07. The van der Waals surface area contributed by atoms with Crippen LogP contribution in [0.25, 0.3) is 22.0 Å². The van der Waals surface area contributed by atoms with Gasteiger partial charge in [-0.2, -0.15) is 0 Å². The molecular formula is C15H12N2O2S. The Kier molecular flexibility index (Phi) is 3.12. The lowest BCUT2D eigenvalue weighted by atomic mass is 10.1. The van der Waals surface area contributed by atoms with E-state index in [4.69, 9.17) is 10.5 Å². The monoisotopic (exact) mass is 284 g/mol. The summed E-state index contributed by atoms with van der Waals surface area (Å²) in [5, 5.41) is 2.91. The molecule has 0 spiro atoms. The number of hydrogen-bond acceptors (Lipinski definition) is 4. The Balaban J connectivity index is 2.20. The predicted molar refractivity (Wildman–Crippen MR) is 80.1 cm³/mol. The van der Waals surface area contributed by atoms with Crippen molar-refractivity contribution in [2.45, 2.75) is 0 Å². The van der Waals surface area contributed by atoms with Crippen molar-refractivity contribution in [3.05, 3.63) is 46.7 Å². The number of hydrogen-bond donors (Lipinski definition) is 1. The summed E-state index contributed by atoms with van der Waals surface area (Å²) in [6.45, 7) is 0. The summed E-state index contributed by atoms with van der Waals surface area (Å²) in [6, 6.07) is 11.6. The maximum atomic E-state index is 11.2. The lowest BCUT2D eigenvalue weighted by Gasteiger charge is -2.08. The van der Waals surface area contributed by atoms with Crippen LogP contribution in [0, 0.1) is 0 Å². The zero-order valence-corrected chi connectivity index (χ0v) is 11.6. The van der Waals surface area contributed by atoms with Gasteiger partial charge in [0.1, 0.15) is 0 Å². The van der Waals surface area contributed by atoms with Gasteiger partial charge >= 0.3 is 0 Å². The molecule has 0 aliphatic carbocycles. The number of nitrogens with two attached hydrogens (primary N) is 1. The number of primary amides is 1. The van der Waals surface area contributed by atoms with Crippen molar-refractivity contribution in [2.75, 3.05) is 7.11 Å². The van der Waals surface area contributed by atoms with Crippen molar-refractivity contribution >= 4 is 28.1 Å².